The van der Waals surface area contributed by atoms with Crippen LogP contribution in [0.1, 0.15) is 18.4 Å². The Labute approximate surface area is 192 Å². The number of nitrogens with one attached hydrogen (secondary N) is 1. The molecule has 29 heavy (non-hydrogen) atoms. The number of aliphatic imine (C=N–C) groups is 1. The number of rotatable bonds is 9. The Morgan fingerprint density at radius 2 is 1.93 bits per heavy atom. The molecule has 0 radical (unpaired) electrons. The molecule has 8 heteroatoms. The van der Waals surface area contributed by atoms with Gasteiger partial charge in [-0.3, -0.25) is 4.99 Å². The largest absolute Gasteiger partial charge is 0.497 e. The number of piperidine rings is 1. The Morgan fingerprint density at radius 1 is 1.21 bits per heavy atom. The number of methoxy groups -OCH3 is 3. The monoisotopic (exact) mass is 520 g/mol. The fourth-order valence-electron chi connectivity index (χ4n) is 3.57. The minimum Gasteiger partial charge on any atom is -0.497 e. The van der Waals surface area contributed by atoms with E-state index in [-0.39, 0.29) is 24.0 Å². The average Bonchev–Trinajstić information content (AvgIpc) is 2.73. The van der Waals surface area contributed by atoms with E-state index in [9.17, 15) is 0 Å². The molecule has 1 aliphatic heterocycles. The molecular weight excluding hydrogens is 483 g/mol. The fourth-order valence-corrected chi connectivity index (χ4v) is 3.57. The van der Waals surface area contributed by atoms with Crippen molar-refractivity contribution in [3.05, 3.63) is 23.8 Å². The lowest BCUT2D eigenvalue weighted by Crippen LogP contribution is -2.43. The summed E-state index contributed by atoms with van der Waals surface area (Å²) in [7, 11) is 8.99. The maximum Gasteiger partial charge on any atom is 0.193 e. The molecule has 0 bridgehead atoms. The highest BCUT2D eigenvalue weighted by Crippen LogP contribution is 2.25. The number of nitrogens with zero attached hydrogens (tertiary/aromatic N) is 3. The zero-order valence-corrected chi connectivity index (χ0v) is 20.8. The van der Waals surface area contributed by atoms with E-state index in [4.69, 9.17) is 14.2 Å². The topological polar surface area (TPSA) is 58.6 Å². The van der Waals surface area contributed by atoms with Crippen molar-refractivity contribution in [3.8, 4) is 11.5 Å². The molecule has 1 fully saturated rings. The molecular formula is C21H37IN4O3. The summed E-state index contributed by atoms with van der Waals surface area (Å²) in [6.45, 7) is 5.80. The Balaban J connectivity index is 0.00000420. The molecule has 0 atom stereocenters. The van der Waals surface area contributed by atoms with Crippen LogP contribution in [0.2, 0.25) is 0 Å². The second kappa shape index (κ2) is 13.9. The van der Waals surface area contributed by atoms with Gasteiger partial charge in [-0.05, 0) is 44.0 Å². The minimum absolute atomic E-state index is 0. The van der Waals surface area contributed by atoms with Crippen molar-refractivity contribution in [2.45, 2.75) is 19.4 Å². The van der Waals surface area contributed by atoms with Crippen molar-refractivity contribution in [1.29, 1.82) is 0 Å². The van der Waals surface area contributed by atoms with Crippen molar-refractivity contribution < 1.29 is 14.2 Å². The molecule has 1 saturated heterocycles. The predicted molar refractivity (Wildman–Crippen MR) is 129 cm³/mol. The second-order valence-corrected chi connectivity index (χ2v) is 7.24. The number of halogens is 1. The fraction of sp³-hybridized carbons (Fsp3) is 0.667. The van der Waals surface area contributed by atoms with Gasteiger partial charge < -0.3 is 29.3 Å². The summed E-state index contributed by atoms with van der Waals surface area (Å²) in [5, 5.41) is 3.54. The van der Waals surface area contributed by atoms with Gasteiger partial charge in [-0.25, -0.2) is 0 Å². The summed E-state index contributed by atoms with van der Waals surface area (Å²) in [5.41, 5.74) is 1.10. The first-order chi connectivity index (χ1) is 13.6. The maximum absolute atomic E-state index is 5.51. The lowest BCUT2D eigenvalue weighted by Gasteiger charge is -2.32. The van der Waals surface area contributed by atoms with E-state index in [1.54, 1.807) is 21.3 Å². The van der Waals surface area contributed by atoms with E-state index in [1.165, 1.54) is 12.8 Å². The Kier molecular flexibility index (Phi) is 12.3. The van der Waals surface area contributed by atoms with E-state index < -0.39 is 0 Å². The molecule has 1 aliphatic rings. The summed E-state index contributed by atoms with van der Waals surface area (Å²) in [4.78, 5) is 9.06. The summed E-state index contributed by atoms with van der Waals surface area (Å²) < 4.78 is 16.0. The first-order valence-corrected chi connectivity index (χ1v) is 9.95. The van der Waals surface area contributed by atoms with Gasteiger partial charge in [0.1, 0.15) is 11.5 Å². The first-order valence-electron chi connectivity index (χ1n) is 9.95. The molecule has 1 aromatic carbocycles. The molecule has 0 saturated carbocycles. The van der Waals surface area contributed by atoms with Crippen LogP contribution in [-0.2, 0) is 11.3 Å². The van der Waals surface area contributed by atoms with Gasteiger partial charge in [0, 0.05) is 52.5 Å². The van der Waals surface area contributed by atoms with Crippen LogP contribution < -0.4 is 14.8 Å². The summed E-state index contributed by atoms with van der Waals surface area (Å²) in [6.07, 6.45) is 2.42. The van der Waals surface area contributed by atoms with Crippen molar-refractivity contribution in [1.82, 2.24) is 15.1 Å². The van der Waals surface area contributed by atoms with Crippen LogP contribution in [0.3, 0.4) is 0 Å². The highest BCUT2D eigenvalue weighted by Gasteiger charge is 2.20. The average molecular weight is 520 g/mol. The van der Waals surface area contributed by atoms with Gasteiger partial charge in [0.2, 0.25) is 0 Å². The zero-order valence-electron chi connectivity index (χ0n) is 18.4. The quantitative estimate of drug-likeness (QED) is 0.307. The van der Waals surface area contributed by atoms with Crippen LogP contribution in [0, 0.1) is 5.92 Å². The number of likely N-dealkylation sites (tertiary alicyclic amines) is 1. The molecule has 2 rings (SSSR count). The Bertz CT molecular complexity index is 622. The molecule has 0 aliphatic carbocycles. The third-order valence-electron chi connectivity index (χ3n) is 5.34. The zero-order chi connectivity index (χ0) is 20.4. The van der Waals surface area contributed by atoms with Gasteiger partial charge in [0.15, 0.2) is 5.96 Å². The molecule has 1 aromatic rings. The SMILES string of the molecule is CN=C(NCC1CCN(CCOC)CC1)N(C)Cc1ccc(OC)cc1OC.I. The highest BCUT2D eigenvalue weighted by molar-refractivity contribution is 14.0. The number of hydrogen-bond donors (Lipinski definition) is 1. The summed E-state index contributed by atoms with van der Waals surface area (Å²) >= 11 is 0. The van der Waals surface area contributed by atoms with Gasteiger partial charge >= 0.3 is 0 Å². The molecule has 1 heterocycles. The molecule has 1 N–H and O–H groups in total. The number of benzene rings is 1. The van der Waals surface area contributed by atoms with Gasteiger partial charge in [0.05, 0.1) is 20.8 Å². The third-order valence-corrected chi connectivity index (χ3v) is 5.34. The van der Waals surface area contributed by atoms with Crippen molar-refractivity contribution in [2.24, 2.45) is 10.9 Å². The molecule has 0 amide bonds. The maximum atomic E-state index is 5.51. The van der Waals surface area contributed by atoms with Crippen molar-refractivity contribution in [2.75, 3.05) is 68.2 Å². The summed E-state index contributed by atoms with van der Waals surface area (Å²) in [6, 6.07) is 5.91. The molecule has 0 spiro atoms. The van der Waals surface area contributed by atoms with Gasteiger partial charge in [-0.15, -0.1) is 24.0 Å². The van der Waals surface area contributed by atoms with Crippen LogP contribution in [0.15, 0.2) is 23.2 Å². The predicted octanol–water partition coefficient (Wildman–Crippen LogP) is 2.69. The lowest BCUT2D eigenvalue weighted by molar-refractivity contribution is 0.120. The normalized spacial score (nSPS) is 15.6. The van der Waals surface area contributed by atoms with E-state index in [1.807, 2.05) is 32.3 Å². The smallest absolute Gasteiger partial charge is 0.193 e. The van der Waals surface area contributed by atoms with Gasteiger partial charge in [0.25, 0.3) is 0 Å². The van der Waals surface area contributed by atoms with Crippen LogP contribution in [0.5, 0.6) is 11.5 Å². The number of hydrogen-bond acceptors (Lipinski definition) is 5. The van der Waals surface area contributed by atoms with Gasteiger partial charge in [-0.1, -0.05) is 0 Å². The van der Waals surface area contributed by atoms with Crippen LogP contribution >= 0.6 is 24.0 Å². The lowest BCUT2D eigenvalue weighted by atomic mass is 9.97. The Hall–Kier alpha value is -1.26. The first kappa shape index (κ1) is 25.8. The molecule has 0 unspecified atom stereocenters. The molecule has 7 nitrogen and oxygen atoms in total. The van der Waals surface area contributed by atoms with E-state index >= 15 is 0 Å². The van der Waals surface area contributed by atoms with Crippen molar-refractivity contribution in [3.63, 3.8) is 0 Å². The van der Waals surface area contributed by atoms with E-state index in [0.717, 1.165) is 55.8 Å². The van der Waals surface area contributed by atoms with Crippen molar-refractivity contribution >= 4 is 29.9 Å². The van der Waals surface area contributed by atoms with E-state index in [0.29, 0.717) is 12.5 Å². The van der Waals surface area contributed by atoms with Crippen LogP contribution in [0.25, 0.3) is 0 Å². The minimum atomic E-state index is 0. The molecule has 166 valence electrons. The van der Waals surface area contributed by atoms with Crippen LogP contribution in [0.4, 0.5) is 0 Å². The Morgan fingerprint density at radius 3 is 2.52 bits per heavy atom. The number of ether oxygens (including phenoxy) is 3. The molecule has 0 aromatic heterocycles. The summed E-state index contributed by atoms with van der Waals surface area (Å²) in [5.74, 6) is 3.20. The second-order valence-electron chi connectivity index (χ2n) is 7.24. The van der Waals surface area contributed by atoms with E-state index in [2.05, 4.69) is 20.1 Å². The third kappa shape index (κ3) is 8.18. The highest BCUT2D eigenvalue weighted by atomic mass is 127. The number of guanidine groups is 1. The van der Waals surface area contributed by atoms with Crippen LogP contribution in [-0.4, -0.2) is 84.0 Å². The van der Waals surface area contributed by atoms with Gasteiger partial charge in [-0.2, -0.15) is 0 Å². The standard InChI is InChI=1S/C21H36N4O3.HI/c1-22-21(23-15-17-8-10-25(11-9-17)12-13-26-3)24(2)16-18-6-7-19(27-4)14-20(18)28-5;/h6-7,14,17H,8-13,15-16H2,1-5H3,(H,22,23);1H.